The number of likely N-dealkylation sites (N-methyl/N-ethyl adjacent to an activating group) is 1. The molecule has 3 fully saturated rings. The third-order valence-electron chi connectivity index (χ3n) is 4.29. The van der Waals surface area contributed by atoms with E-state index in [0.29, 0.717) is 11.6 Å². The van der Waals surface area contributed by atoms with Gasteiger partial charge in [-0.2, -0.15) is 0 Å². The first kappa shape index (κ1) is 12.4. The van der Waals surface area contributed by atoms with Crippen molar-refractivity contribution in [2.45, 2.75) is 31.2 Å². The molecule has 0 radical (unpaired) electrons. The number of nitrogens with zero attached hydrogens (tertiary/aromatic N) is 3. The Morgan fingerprint density at radius 2 is 1.79 bits per heavy atom. The smallest absolute Gasteiger partial charge is 0.311 e. The highest BCUT2D eigenvalue weighted by atomic mass is 16.7. The lowest BCUT2D eigenvalue weighted by molar-refractivity contribution is -0.177. The number of imide groups is 1. The number of hydroxylamine groups is 2. The van der Waals surface area contributed by atoms with Crippen LogP contribution < -0.4 is 0 Å². The van der Waals surface area contributed by atoms with Crippen LogP contribution in [0.25, 0.3) is 0 Å². The number of likely N-dealkylation sites (tertiary alicyclic amines) is 2. The first-order chi connectivity index (χ1) is 9.02. The Morgan fingerprint density at radius 1 is 1.16 bits per heavy atom. The van der Waals surface area contributed by atoms with Gasteiger partial charge in [-0.1, -0.05) is 0 Å². The second-order valence-electron chi connectivity index (χ2n) is 5.55. The Kier molecular flexibility index (Phi) is 2.74. The van der Waals surface area contributed by atoms with Crippen LogP contribution in [-0.4, -0.2) is 65.0 Å². The molecule has 1 atom stereocenters. The van der Waals surface area contributed by atoms with Crippen molar-refractivity contribution in [3.05, 3.63) is 0 Å². The molecule has 7 nitrogen and oxygen atoms in total. The van der Waals surface area contributed by atoms with Crippen molar-refractivity contribution in [3.8, 4) is 0 Å². The van der Waals surface area contributed by atoms with Gasteiger partial charge >= 0.3 is 6.09 Å². The van der Waals surface area contributed by atoms with Crippen molar-refractivity contribution >= 4 is 17.9 Å². The maximum atomic E-state index is 12.1. The summed E-state index contributed by atoms with van der Waals surface area (Å²) in [6, 6.07) is 0. The van der Waals surface area contributed by atoms with Crippen LogP contribution in [-0.2, 0) is 14.4 Å². The highest BCUT2D eigenvalue weighted by molar-refractivity contribution is 6.01. The summed E-state index contributed by atoms with van der Waals surface area (Å²) in [5.74, 6) is -0.868. The maximum absolute atomic E-state index is 12.1. The first-order valence-corrected chi connectivity index (χ1v) is 6.56. The highest BCUT2D eigenvalue weighted by Crippen LogP contribution is 2.39. The normalized spacial score (nSPS) is 31.2. The summed E-state index contributed by atoms with van der Waals surface area (Å²) in [4.78, 5) is 43.7. The zero-order valence-electron chi connectivity index (χ0n) is 10.9. The number of carbonyl (C=O) groups excluding carboxylic acids is 3. The SMILES string of the molecule is CN1CCC2(CCN2C(=O)ON2C(=O)CCC2=O)C1. The van der Waals surface area contributed by atoms with Crippen LogP contribution in [0.5, 0.6) is 0 Å². The predicted molar refractivity (Wildman–Crippen MR) is 63.7 cm³/mol. The van der Waals surface area contributed by atoms with E-state index in [0.717, 1.165) is 25.9 Å². The van der Waals surface area contributed by atoms with Gasteiger partial charge in [0.05, 0.1) is 5.54 Å². The Bertz CT molecular complexity index is 436. The predicted octanol–water partition coefficient (Wildman–Crippen LogP) is -0.0330. The van der Waals surface area contributed by atoms with Gasteiger partial charge in [-0.25, -0.2) is 4.79 Å². The Labute approximate surface area is 111 Å². The third-order valence-corrected chi connectivity index (χ3v) is 4.29. The van der Waals surface area contributed by atoms with Crippen LogP contribution in [0, 0.1) is 0 Å². The van der Waals surface area contributed by atoms with Gasteiger partial charge in [0.15, 0.2) is 0 Å². The van der Waals surface area contributed by atoms with Crippen LogP contribution in [0.2, 0.25) is 0 Å². The molecule has 0 aromatic rings. The van der Waals surface area contributed by atoms with Crippen molar-refractivity contribution in [3.63, 3.8) is 0 Å². The molecule has 1 spiro atoms. The average Bonchev–Trinajstić information content (AvgIpc) is 2.87. The van der Waals surface area contributed by atoms with Gasteiger partial charge in [0.2, 0.25) is 0 Å². The van der Waals surface area contributed by atoms with Gasteiger partial charge in [0.25, 0.3) is 11.8 Å². The average molecular weight is 267 g/mol. The molecule has 3 saturated heterocycles. The fourth-order valence-electron chi connectivity index (χ4n) is 3.09. The van der Waals surface area contributed by atoms with Gasteiger partial charge in [-0.15, -0.1) is 5.06 Å². The lowest BCUT2D eigenvalue weighted by Gasteiger charge is -2.49. The molecule has 7 heteroatoms. The van der Waals surface area contributed by atoms with E-state index in [9.17, 15) is 14.4 Å². The van der Waals surface area contributed by atoms with Crippen molar-refractivity contribution in [2.24, 2.45) is 0 Å². The molecule has 0 saturated carbocycles. The lowest BCUT2D eigenvalue weighted by atomic mass is 9.84. The van der Waals surface area contributed by atoms with Gasteiger partial charge in [0, 0.05) is 32.5 Å². The second-order valence-corrected chi connectivity index (χ2v) is 5.55. The van der Waals surface area contributed by atoms with E-state index in [2.05, 4.69) is 4.90 Å². The lowest BCUT2D eigenvalue weighted by Crippen LogP contribution is -2.64. The van der Waals surface area contributed by atoms with E-state index in [1.807, 2.05) is 7.05 Å². The molecular formula is C12H17N3O4. The summed E-state index contributed by atoms with van der Waals surface area (Å²) >= 11 is 0. The van der Waals surface area contributed by atoms with Crippen LogP contribution in [0.1, 0.15) is 25.7 Å². The van der Waals surface area contributed by atoms with E-state index < -0.39 is 17.9 Å². The van der Waals surface area contributed by atoms with E-state index in [1.165, 1.54) is 0 Å². The van der Waals surface area contributed by atoms with E-state index in [-0.39, 0.29) is 18.4 Å². The molecule has 3 aliphatic rings. The molecule has 3 rings (SSSR count). The minimum absolute atomic E-state index is 0.125. The van der Waals surface area contributed by atoms with Crippen LogP contribution in [0.15, 0.2) is 0 Å². The fourth-order valence-corrected chi connectivity index (χ4v) is 3.09. The first-order valence-electron chi connectivity index (χ1n) is 6.56. The monoisotopic (exact) mass is 267 g/mol. The van der Waals surface area contributed by atoms with Crippen molar-refractivity contribution in [1.82, 2.24) is 14.9 Å². The Hall–Kier alpha value is -1.63. The highest BCUT2D eigenvalue weighted by Gasteiger charge is 2.52. The summed E-state index contributed by atoms with van der Waals surface area (Å²) in [5.41, 5.74) is -0.155. The maximum Gasteiger partial charge on any atom is 0.435 e. The zero-order valence-corrected chi connectivity index (χ0v) is 10.9. The number of rotatable bonds is 1. The summed E-state index contributed by atoms with van der Waals surface area (Å²) in [7, 11) is 2.02. The van der Waals surface area contributed by atoms with Gasteiger partial charge in [0.1, 0.15) is 0 Å². The summed E-state index contributed by atoms with van der Waals surface area (Å²) in [5, 5.41) is 0.618. The van der Waals surface area contributed by atoms with Gasteiger partial charge < -0.3 is 9.74 Å². The molecule has 3 heterocycles. The summed E-state index contributed by atoms with van der Waals surface area (Å²) in [6.07, 6.45) is 1.54. The second kappa shape index (κ2) is 4.19. The molecule has 3 aliphatic heterocycles. The largest absolute Gasteiger partial charge is 0.435 e. The van der Waals surface area contributed by atoms with Crippen LogP contribution in [0.3, 0.4) is 0 Å². The van der Waals surface area contributed by atoms with Crippen LogP contribution in [0.4, 0.5) is 4.79 Å². The van der Waals surface area contributed by atoms with Gasteiger partial charge in [-0.05, 0) is 19.9 Å². The number of amides is 3. The summed E-state index contributed by atoms with van der Waals surface area (Å²) < 4.78 is 0. The van der Waals surface area contributed by atoms with Crippen molar-refractivity contribution in [2.75, 3.05) is 26.7 Å². The molecule has 3 amide bonds. The van der Waals surface area contributed by atoms with Gasteiger partial charge in [-0.3, -0.25) is 14.5 Å². The molecule has 19 heavy (non-hydrogen) atoms. The van der Waals surface area contributed by atoms with Crippen LogP contribution >= 0.6 is 0 Å². The summed E-state index contributed by atoms with van der Waals surface area (Å²) in [6.45, 7) is 2.40. The molecule has 0 aromatic carbocycles. The minimum atomic E-state index is -0.579. The van der Waals surface area contributed by atoms with Crippen molar-refractivity contribution in [1.29, 1.82) is 0 Å². The molecule has 104 valence electrons. The quantitative estimate of drug-likeness (QED) is 0.624. The Morgan fingerprint density at radius 3 is 2.26 bits per heavy atom. The number of hydrogen-bond donors (Lipinski definition) is 0. The molecule has 0 aromatic heterocycles. The third kappa shape index (κ3) is 1.88. The molecule has 0 aliphatic carbocycles. The molecule has 0 N–H and O–H groups in total. The number of carbonyl (C=O) groups is 3. The topological polar surface area (TPSA) is 70.2 Å². The van der Waals surface area contributed by atoms with E-state index in [1.54, 1.807) is 4.90 Å². The minimum Gasteiger partial charge on any atom is -0.311 e. The van der Waals surface area contributed by atoms with E-state index in [4.69, 9.17) is 4.84 Å². The van der Waals surface area contributed by atoms with E-state index >= 15 is 0 Å². The Balaban J connectivity index is 1.65. The molecule has 1 unspecified atom stereocenters. The molecular weight excluding hydrogens is 250 g/mol. The zero-order chi connectivity index (χ0) is 13.6. The molecule has 0 bridgehead atoms. The van der Waals surface area contributed by atoms with Crippen molar-refractivity contribution < 1.29 is 19.2 Å². The standard InChI is InChI=1S/C12H17N3O4/c1-13-6-4-12(8-13)5-7-14(12)11(18)19-15-9(16)2-3-10(15)17/h2-8H2,1H3. The number of hydrogen-bond acceptors (Lipinski definition) is 5. The fraction of sp³-hybridized carbons (Fsp3) is 0.750.